The second-order valence-electron chi connectivity index (χ2n) is 3.91. The minimum Gasteiger partial charge on any atom is -0.388 e. The zero-order valence-corrected chi connectivity index (χ0v) is 8.98. The van der Waals surface area contributed by atoms with Gasteiger partial charge in [-0.05, 0) is 28.8 Å². The topological polar surface area (TPSA) is 20.2 Å². The van der Waals surface area contributed by atoms with Crippen molar-refractivity contribution in [2.24, 2.45) is 0 Å². The predicted molar refractivity (Wildman–Crippen MR) is 63.8 cm³/mol. The molecule has 15 heavy (non-hydrogen) atoms. The predicted octanol–water partition coefficient (Wildman–Crippen LogP) is 3.67. The number of hydrogen-bond donors (Lipinski definition) is 1. The van der Waals surface area contributed by atoms with Crippen molar-refractivity contribution in [3.63, 3.8) is 0 Å². The monoisotopic (exact) mass is 200 g/mol. The van der Waals surface area contributed by atoms with E-state index in [4.69, 9.17) is 0 Å². The standard InChI is InChI=1S/C14H16O/c1-2-5-14(15)13-9-8-11-6-3-4-7-12(11)10-13/h3-4,6-10,14-15H,2,5H2,1H3. The van der Waals surface area contributed by atoms with E-state index in [2.05, 4.69) is 31.2 Å². The molecule has 0 fully saturated rings. The molecule has 0 aliphatic carbocycles. The summed E-state index contributed by atoms with van der Waals surface area (Å²) in [6.45, 7) is 2.09. The minimum absolute atomic E-state index is 0.320. The van der Waals surface area contributed by atoms with Gasteiger partial charge in [0.25, 0.3) is 0 Å². The number of benzene rings is 2. The molecule has 1 atom stereocenters. The van der Waals surface area contributed by atoms with Gasteiger partial charge in [0.1, 0.15) is 0 Å². The fraction of sp³-hybridized carbons (Fsp3) is 0.286. The van der Waals surface area contributed by atoms with Gasteiger partial charge in [-0.3, -0.25) is 0 Å². The van der Waals surface area contributed by atoms with E-state index in [0.29, 0.717) is 0 Å². The summed E-state index contributed by atoms with van der Waals surface area (Å²) in [7, 11) is 0. The third kappa shape index (κ3) is 2.18. The van der Waals surface area contributed by atoms with Crippen LogP contribution in [-0.4, -0.2) is 5.11 Å². The molecule has 0 radical (unpaired) electrons. The average molecular weight is 200 g/mol. The first kappa shape index (κ1) is 10.2. The maximum Gasteiger partial charge on any atom is 0.0790 e. The molecule has 1 unspecified atom stereocenters. The highest BCUT2D eigenvalue weighted by atomic mass is 16.3. The molecular weight excluding hydrogens is 184 g/mol. The Morgan fingerprint density at radius 3 is 2.53 bits per heavy atom. The lowest BCUT2D eigenvalue weighted by Gasteiger charge is -2.10. The summed E-state index contributed by atoms with van der Waals surface area (Å²) in [4.78, 5) is 0. The molecular formula is C14H16O. The van der Waals surface area contributed by atoms with Crippen LogP contribution in [0.2, 0.25) is 0 Å². The molecule has 1 heteroatoms. The minimum atomic E-state index is -0.320. The summed E-state index contributed by atoms with van der Waals surface area (Å²) >= 11 is 0. The molecule has 2 rings (SSSR count). The lowest BCUT2D eigenvalue weighted by atomic mass is 10.0. The smallest absolute Gasteiger partial charge is 0.0790 e. The van der Waals surface area contributed by atoms with Crippen LogP contribution in [0.5, 0.6) is 0 Å². The second kappa shape index (κ2) is 4.45. The summed E-state index contributed by atoms with van der Waals surface area (Å²) < 4.78 is 0. The van der Waals surface area contributed by atoms with Crippen LogP contribution in [-0.2, 0) is 0 Å². The van der Waals surface area contributed by atoms with Gasteiger partial charge in [0.15, 0.2) is 0 Å². The van der Waals surface area contributed by atoms with Crippen LogP contribution in [0.3, 0.4) is 0 Å². The van der Waals surface area contributed by atoms with Gasteiger partial charge in [-0.25, -0.2) is 0 Å². The highest BCUT2D eigenvalue weighted by Crippen LogP contribution is 2.22. The first-order chi connectivity index (χ1) is 7.31. The fourth-order valence-electron chi connectivity index (χ4n) is 1.86. The van der Waals surface area contributed by atoms with Crippen LogP contribution >= 0.6 is 0 Å². The molecule has 0 amide bonds. The lowest BCUT2D eigenvalue weighted by molar-refractivity contribution is 0.166. The Hall–Kier alpha value is -1.34. The van der Waals surface area contributed by atoms with E-state index < -0.39 is 0 Å². The molecule has 2 aromatic rings. The van der Waals surface area contributed by atoms with E-state index in [1.807, 2.05) is 18.2 Å². The largest absolute Gasteiger partial charge is 0.388 e. The van der Waals surface area contributed by atoms with Crippen molar-refractivity contribution in [3.8, 4) is 0 Å². The Balaban J connectivity index is 2.38. The van der Waals surface area contributed by atoms with Gasteiger partial charge in [-0.15, -0.1) is 0 Å². The van der Waals surface area contributed by atoms with Gasteiger partial charge < -0.3 is 5.11 Å². The maximum atomic E-state index is 9.88. The van der Waals surface area contributed by atoms with Crippen molar-refractivity contribution in [2.75, 3.05) is 0 Å². The van der Waals surface area contributed by atoms with Gasteiger partial charge in [-0.1, -0.05) is 49.7 Å². The Morgan fingerprint density at radius 1 is 1.07 bits per heavy atom. The van der Waals surface area contributed by atoms with Gasteiger partial charge in [0.05, 0.1) is 6.10 Å². The van der Waals surface area contributed by atoms with E-state index in [-0.39, 0.29) is 6.10 Å². The number of rotatable bonds is 3. The SMILES string of the molecule is CCCC(O)c1ccc2ccccc2c1. The second-order valence-corrected chi connectivity index (χ2v) is 3.91. The molecule has 78 valence electrons. The Labute approximate surface area is 90.4 Å². The van der Waals surface area contributed by atoms with Crippen LogP contribution < -0.4 is 0 Å². The zero-order valence-electron chi connectivity index (χ0n) is 8.98. The molecule has 0 aliphatic rings. The van der Waals surface area contributed by atoms with Crippen LogP contribution in [0.25, 0.3) is 10.8 Å². The first-order valence-electron chi connectivity index (χ1n) is 5.48. The molecule has 2 aromatic carbocycles. The van der Waals surface area contributed by atoms with Crippen molar-refractivity contribution >= 4 is 10.8 Å². The third-order valence-corrected chi connectivity index (χ3v) is 2.72. The zero-order chi connectivity index (χ0) is 10.7. The van der Waals surface area contributed by atoms with Crippen molar-refractivity contribution < 1.29 is 5.11 Å². The summed E-state index contributed by atoms with van der Waals surface area (Å²) in [5.74, 6) is 0. The molecule has 0 spiro atoms. The molecule has 0 saturated heterocycles. The highest BCUT2D eigenvalue weighted by Gasteiger charge is 2.06. The van der Waals surface area contributed by atoms with Crippen molar-refractivity contribution in [1.29, 1.82) is 0 Å². The summed E-state index contributed by atoms with van der Waals surface area (Å²) in [5.41, 5.74) is 1.02. The molecule has 0 aliphatic heterocycles. The van der Waals surface area contributed by atoms with Crippen LogP contribution in [0.4, 0.5) is 0 Å². The number of hydrogen-bond acceptors (Lipinski definition) is 1. The summed E-state index contributed by atoms with van der Waals surface area (Å²) in [5, 5.41) is 12.3. The molecule has 1 N–H and O–H groups in total. The quantitative estimate of drug-likeness (QED) is 0.801. The lowest BCUT2D eigenvalue weighted by Crippen LogP contribution is -1.96. The Kier molecular flexibility index (Phi) is 3.02. The number of fused-ring (bicyclic) bond motifs is 1. The highest BCUT2D eigenvalue weighted by molar-refractivity contribution is 5.83. The van der Waals surface area contributed by atoms with Crippen LogP contribution in [0.1, 0.15) is 31.4 Å². The van der Waals surface area contributed by atoms with Crippen LogP contribution in [0, 0.1) is 0 Å². The van der Waals surface area contributed by atoms with Gasteiger partial charge in [0.2, 0.25) is 0 Å². The fourth-order valence-corrected chi connectivity index (χ4v) is 1.86. The van der Waals surface area contributed by atoms with Gasteiger partial charge >= 0.3 is 0 Å². The molecule has 0 bridgehead atoms. The van der Waals surface area contributed by atoms with E-state index in [0.717, 1.165) is 18.4 Å². The van der Waals surface area contributed by atoms with E-state index >= 15 is 0 Å². The molecule has 0 heterocycles. The van der Waals surface area contributed by atoms with Crippen molar-refractivity contribution in [2.45, 2.75) is 25.9 Å². The van der Waals surface area contributed by atoms with Gasteiger partial charge in [-0.2, -0.15) is 0 Å². The number of aliphatic hydroxyl groups excluding tert-OH is 1. The first-order valence-corrected chi connectivity index (χ1v) is 5.48. The van der Waals surface area contributed by atoms with Crippen molar-refractivity contribution in [3.05, 3.63) is 48.0 Å². The summed E-state index contributed by atoms with van der Waals surface area (Å²) in [6.07, 6.45) is 1.52. The average Bonchev–Trinajstić information content (AvgIpc) is 2.29. The third-order valence-electron chi connectivity index (χ3n) is 2.72. The van der Waals surface area contributed by atoms with E-state index in [1.54, 1.807) is 0 Å². The van der Waals surface area contributed by atoms with Gasteiger partial charge in [0, 0.05) is 0 Å². The maximum absolute atomic E-state index is 9.88. The van der Waals surface area contributed by atoms with E-state index in [9.17, 15) is 5.11 Å². The molecule has 1 nitrogen and oxygen atoms in total. The van der Waals surface area contributed by atoms with E-state index in [1.165, 1.54) is 10.8 Å². The Morgan fingerprint density at radius 2 is 1.80 bits per heavy atom. The molecule has 0 aromatic heterocycles. The van der Waals surface area contributed by atoms with Crippen LogP contribution in [0.15, 0.2) is 42.5 Å². The number of aliphatic hydroxyl groups is 1. The Bertz CT molecular complexity index is 448. The van der Waals surface area contributed by atoms with Crippen molar-refractivity contribution in [1.82, 2.24) is 0 Å². The summed E-state index contributed by atoms with van der Waals surface area (Å²) in [6, 6.07) is 14.4. The normalized spacial score (nSPS) is 12.9. The molecule has 0 saturated carbocycles.